The van der Waals surface area contributed by atoms with Crippen LogP contribution in [-0.4, -0.2) is 14.4 Å². The molecule has 0 spiro atoms. The molecule has 6 aromatic heterocycles. The first-order valence-corrected chi connectivity index (χ1v) is 9.74. The Labute approximate surface area is 170 Å². The number of aromatic nitrogens is 3. The summed E-state index contributed by atoms with van der Waals surface area (Å²) in [5, 5.41) is 5.25. The highest BCUT2D eigenvalue weighted by atomic mass is 16.4. The van der Waals surface area contributed by atoms with Crippen molar-refractivity contribution in [2.24, 2.45) is 0 Å². The van der Waals surface area contributed by atoms with E-state index >= 15 is 0 Å². The van der Waals surface area contributed by atoms with Crippen molar-refractivity contribution in [3.63, 3.8) is 0 Å². The maximum Gasteiger partial charge on any atom is 0.344 e. The number of pyridine rings is 2. The lowest BCUT2D eigenvalue weighted by atomic mass is 9.95. The molecule has 0 radical (unpaired) electrons. The van der Waals surface area contributed by atoms with Crippen LogP contribution in [0.1, 0.15) is 0 Å². The third kappa shape index (κ3) is 1.54. The molecule has 6 heterocycles. The molecule has 0 aliphatic carbocycles. The van der Waals surface area contributed by atoms with Crippen molar-refractivity contribution in [3.8, 4) is 0 Å². The second kappa shape index (κ2) is 4.79. The minimum atomic E-state index is -0.480. The van der Waals surface area contributed by atoms with E-state index in [0.29, 0.717) is 32.7 Å². The molecule has 0 aliphatic heterocycles. The Bertz CT molecular complexity index is 2010. The quantitative estimate of drug-likeness (QED) is 0.275. The summed E-state index contributed by atoms with van der Waals surface area (Å²) >= 11 is 0. The van der Waals surface area contributed by atoms with Crippen molar-refractivity contribution in [2.45, 2.75) is 0 Å². The Balaban J connectivity index is 1.96. The lowest BCUT2D eigenvalue weighted by Gasteiger charge is -2.09. The third-order valence-corrected chi connectivity index (χ3v) is 6.37. The maximum atomic E-state index is 13.3. The first-order chi connectivity index (χ1) is 15.2. The minimum absolute atomic E-state index is 0.390. The van der Waals surface area contributed by atoms with Gasteiger partial charge >= 0.3 is 11.3 Å². The number of benzene rings is 2. The predicted molar refractivity (Wildman–Crippen MR) is 117 cm³/mol. The van der Waals surface area contributed by atoms with Gasteiger partial charge in [-0.2, -0.15) is 0 Å². The molecule has 7 nitrogen and oxygen atoms in total. The second-order valence-electron chi connectivity index (χ2n) is 7.75. The average Bonchev–Trinajstić information content (AvgIpc) is 3.30. The fraction of sp³-hybridized carbons (Fsp3) is 0. The lowest BCUT2D eigenvalue weighted by Crippen LogP contribution is -2.07. The van der Waals surface area contributed by atoms with Crippen molar-refractivity contribution < 1.29 is 8.83 Å². The van der Waals surface area contributed by atoms with Gasteiger partial charge in [0.2, 0.25) is 0 Å². The van der Waals surface area contributed by atoms with E-state index < -0.39 is 11.3 Å². The topological polar surface area (TPSA) is 90.6 Å². The molecule has 31 heavy (non-hydrogen) atoms. The Morgan fingerprint density at radius 3 is 1.74 bits per heavy atom. The molecule has 7 heteroatoms. The van der Waals surface area contributed by atoms with Crippen LogP contribution in [0.25, 0.3) is 70.8 Å². The SMILES string of the molecule is O=c1oc2cccc3oc(=O)c4c(c1c1c5ccncc5n5c6cnccc6c4c15)c23. The van der Waals surface area contributed by atoms with Crippen LogP contribution in [0, 0.1) is 0 Å². The molecule has 0 aliphatic rings. The van der Waals surface area contributed by atoms with E-state index in [1.807, 2.05) is 16.5 Å². The van der Waals surface area contributed by atoms with Gasteiger partial charge in [0.05, 0.1) is 45.1 Å². The zero-order valence-corrected chi connectivity index (χ0v) is 15.7. The van der Waals surface area contributed by atoms with Crippen LogP contribution >= 0.6 is 0 Å². The molecular weight excluding hydrogens is 394 g/mol. The van der Waals surface area contributed by atoms with Crippen molar-refractivity contribution in [3.05, 3.63) is 76.0 Å². The normalized spacial score (nSPS) is 12.8. The summed E-state index contributed by atoms with van der Waals surface area (Å²) in [6.45, 7) is 0. The van der Waals surface area contributed by atoms with Gasteiger partial charge in [-0.15, -0.1) is 0 Å². The molecule has 0 amide bonds. The van der Waals surface area contributed by atoms with Gasteiger partial charge in [0, 0.05) is 39.3 Å². The van der Waals surface area contributed by atoms with Crippen LogP contribution in [0.3, 0.4) is 0 Å². The highest BCUT2D eigenvalue weighted by molar-refractivity contribution is 6.40. The van der Waals surface area contributed by atoms with Crippen molar-refractivity contribution in [1.29, 1.82) is 0 Å². The molecule has 0 atom stereocenters. The zero-order chi connectivity index (χ0) is 20.4. The fourth-order valence-electron chi connectivity index (χ4n) is 5.29. The summed E-state index contributed by atoms with van der Waals surface area (Å²) in [6, 6.07) is 8.92. The molecular formula is C24H9N3O4. The number of hydrogen-bond donors (Lipinski definition) is 0. The van der Waals surface area contributed by atoms with Gasteiger partial charge in [-0.25, -0.2) is 9.59 Å². The lowest BCUT2D eigenvalue weighted by molar-refractivity contribution is 0.558. The Hall–Kier alpha value is -4.52. The zero-order valence-electron chi connectivity index (χ0n) is 15.7. The summed E-state index contributed by atoms with van der Waals surface area (Å²) in [4.78, 5) is 35.2. The van der Waals surface area contributed by atoms with Crippen LogP contribution in [0.4, 0.5) is 0 Å². The molecule has 144 valence electrons. The number of fused-ring (bicyclic) bond motifs is 8. The monoisotopic (exact) mass is 403 g/mol. The average molecular weight is 403 g/mol. The molecule has 0 unspecified atom stereocenters. The van der Waals surface area contributed by atoms with Crippen LogP contribution < -0.4 is 11.3 Å². The van der Waals surface area contributed by atoms with Gasteiger partial charge in [0.15, 0.2) is 0 Å². The van der Waals surface area contributed by atoms with Gasteiger partial charge in [-0.05, 0) is 24.3 Å². The summed E-state index contributed by atoms with van der Waals surface area (Å²) < 4.78 is 13.4. The van der Waals surface area contributed by atoms with E-state index in [1.54, 1.807) is 43.0 Å². The molecule has 0 saturated heterocycles. The van der Waals surface area contributed by atoms with E-state index in [1.165, 1.54) is 0 Å². The fourth-order valence-corrected chi connectivity index (χ4v) is 5.29. The molecule has 8 aromatic rings. The van der Waals surface area contributed by atoms with Crippen LogP contribution in [0.5, 0.6) is 0 Å². The smallest absolute Gasteiger partial charge is 0.344 e. The Morgan fingerprint density at radius 1 is 0.645 bits per heavy atom. The standard InChI is InChI=1S/C24H9N3O4/c28-23-20-16-10-4-6-25-8-12(10)27-13-9-26-7-5-11(13)17(22(16)27)21-19(20)18-14(30-23)2-1-3-15(18)31-24(21)29/h1-9H. The number of nitrogens with zero attached hydrogens (tertiary/aromatic N) is 3. The first-order valence-electron chi connectivity index (χ1n) is 9.74. The first kappa shape index (κ1) is 15.3. The van der Waals surface area contributed by atoms with Crippen LogP contribution in [0.2, 0.25) is 0 Å². The highest BCUT2D eigenvalue weighted by Crippen LogP contribution is 2.46. The van der Waals surface area contributed by atoms with Gasteiger partial charge in [0.1, 0.15) is 11.2 Å². The van der Waals surface area contributed by atoms with Crippen LogP contribution in [-0.2, 0) is 0 Å². The largest absolute Gasteiger partial charge is 0.422 e. The summed E-state index contributed by atoms with van der Waals surface area (Å²) in [7, 11) is 0. The second-order valence-corrected chi connectivity index (χ2v) is 7.75. The van der Waals surface area contributed by atoms with Gasteiger partial charge in [-0.3, -0.25) is 9.97 Å². The van der Waals surface area contributed by atoms with Crippen molar-refractivity contribution in [2.75, 3.05) is 0 Å². The minimum Gasteiger partial charge on any atom is -0.422 e. The number of hydrogen-bond acceptors (Lipinski definition) is 6. The van der Waals surface area contributed by atoms with Gasteiger partial charge < -0.3 is 13.2 Å². The molecule has 2 aromatic carbocycles. The molecule has 0 saturated carbocycles. The van der Waals surface area contributed by atoms with E-state index in [-0.39, 0.29) is 0 Å². The van der Waals surface area contributed by atoms with E-state index in [0.717, 1.165) is 38.1 Å². The highest BCUT2D eigenvalue weighted by Gasteiger charge is 2.28. The molecule has 0 fully saturated rings. The Morgan fingerprint density at radius 2 is 1.19 bits per heavy atom. The van der Waals surface area contributed by atoms with Crippen molar-refractivity contribution in [1.82, 2.24) is 14.4 Å². The van der Waals surface area contributed by atoms with Gasteiger partial charge in [-0.1, -0.05) is 6.07 Å². The molecule has 0 N–H and O–H groups in total. The predicted octanol–water partition coefficient (Wildman–Crippen LogP) is 4.43. The van der Waals surface area contributed by atoms with E-state index in [2.05, 4.69) is 9.97 Å². The van der Waals surface area contributed by atoms with Crippen molar-refractivity contribution >= 4 is 70.8 Å². The van der Waals surface area contributed by atoms with Crippen LogP contribution in [0.15, 0.2) is 73.5 Å². The molecule has 8 rings (SSSR count). The van der Waals surface area contributed by atoms with Gasteiger partial charge in [0.25, 0.3) is 0 Å². The summed E-state index contributed by atoms with van der Waals surface area (Å²) in [6.07, 6.45) is 6.93. The maximum absolute atomic E-state index is 13.3. The third-order valence-electron chi connectivity index (χ3n) is 6.37. The van der Waals surface area contributed by atoms with E-state index in [9.17, 15) is 9.59 Å². The summed E-state index contributed by atoms with van der Waals surface area (Å²) in [5.41, 5.74) is 2.28. The summed E-state index contributed by atoms with van der Waals surface area (Å²) in [5.74, 6) is 0. The Kier molecular flexibility index (Phi) is 2.37. The molecule has 0 bridgehead atoms. The van der Waals surface area contributed by atoms with E-state index in [4.69, 9.17) is 8.83 Å². The number of rotatable bonds is 0.